The van der Waals surface area contributed by atoms with Crippen molar-refractivity contribution in [3.05, 3.63) is 147 Å². The number of nitrogens with zero attached hydrogens (tertiary/aromatic N) is 7. The van der Waals surface area contributed by atoms with Gasteiger partial charge >= 0.3 is 0 Å². The van der Waals surface area contributed by atoms with Gasteiger partial charge in [-0.3, -0.25) is 4.90 Å². The summed E-state index contributed by atoms with van der Waals surface area (Å²) in [6.45, 7) is 5.73. The summed E-state index contributed by atoms with van der Waals surface area (Å²) in [7, 11) is 0. The van der Waals surface area contributed by atoms with E-state index >= 15 is 0 Å². The van der Waals surface area contributed by atoms with Gasteiger partial charge < -0.3 is 0 Å². The monoisotopic (exact) mass is 530 g/mol. The van der Waals surface area contributed by atoms with Gasteiger partial charge in [0.15, 0.2) is 0 Å². The summed E-state index contributed by atoms with van der Waals surface area (Å²) in [5, 5.41) is 0. The predicted octanol–water partition coefficient (Wildman–Crippen LogP) is 3.62. The SMILES string of the molecule is c1ccc(-n2cc[n+](CCN(CC[n+]3ccn(-c4ccccc4)c3)CC[n+]3ccn(-c4ccccc4)c3)c2)cc1. The van der Waals surface area contributed by atoms with E-state index in [2.05, 4.69) is 179 Å². The van der Waals surface area contributed by atoms with E-state index < -0.39 is 0 Å². The molecule has 7 nitrogen and oxygen atoms in total. The summed E-state index contributed by atoms with van der Waals surface area (Å²) < 4.78 is 13.4. The van der Waals surface area contributed by atoms with Gasteiger partial charge in [0.1, 0.15) is 73.9 Å². The van der Waals surface area contributed by atoms with Gasteiger partial charge in [0.25, 0.3) is 0 Å². The molecule has 0 saturated heterocycles. The van der Waals surface area contributed by atoms with Crippen LogP contribution in [0.1, 0.15) is 0 Å². The van der Waals surface area contributed by atoms with Gasteiger partial charge in [-0.15, -0.1) is 0 Å². The Morgan fingerprint density at radius 2 is 0.725 bits per heavy atom. The van der Waals surface area contributed by atoms with Crippen LogP contribution in [0.4, 0.5) is 0 Å². The maximum Gasteiger partial charge on any atom is 0.249 e. The van der Waals surface area contributed by atoms with Crippen LogP contribution in [-0.4, -0.2) is 38.2 Å². The zero-order valence-electron chi connectivity index (χ0n) is 22.7. The van der Waals surface area contributed by atoms with E-state index in [4.69, 9.17) is 0 Å². The van der Waals surface area contributed by atoms with Crippen molar-refractivity contribution in [3.8, 4) is 17.1 Å². The molecular weight excluding hydrogens is 494 g/mol. The van der Waals surface area contributed by atoms with E-state index in [9.17, 15) is 0 Å². The van der Waals surface area contributed by atoms with E-state index in [0.29, 0.717) is 0 Å². The lowest BCUT2D eigenvalue weighted by Gasteiger charge is -2.19. The van der Waals surface area contributed by atoms with Crippen LogP contribution in [0.2, 0.25) is 0 Å². The van der Waals surface area contributed by atoms with Gasteiger partial charge in [-0.25, -0.2) is 27.4 Å². The minimum absolute atomic E-state index is 0.936. The molecule has 3 aromatic heterocycles. The standard InChI is InChI=1S/C33H36N7/c1-4-10-31(11-5-1)38-25-22-35(28-38)19-16-34(17-20-36-23-26-39(29-36)32-12-6-2-7-13-32)18-21-37-24-27-40(30-37)33-14-8-3-9-15-33/h1-15,22-30H,16-21H2/q+3. The number of hydrogen-bond acceptors (Lipinski definition) is 1. The zero-order chi connectivity index (χ0) is 27.0. The zero-order valence-corrected chi connectivity index (χ0v) is 22.7. The molecule has 7 heteroatoms. The molecule has 0 bridgehead atoms. The molecule has 3 aromatic carbocycles. The fraction of sp³-hybridized carbons (Fsp3) is 0.182. The van der Waals surface area contributed by atoms with Crippen LogP contribution in [-0.2, 0) is 19.6 Å². The van der Waals surface area contributed by atoms with Crippen LogP contribution in [0.25, 0.3) is 17.1 Å². The highest BCUT2D eigenvalue weighted by atomic mass is 15.2. The number of para-hydroxylation sites is 3. The molecule has 0 aliphatic rings. The van der Waals surface area contributed by atoms with Crippen LogP contribution >= 0.6 is 0 Å². The third kappa shape index (κ3) is 6.45. The molecule has 0 N–H and O–H groups in total. The Bertz CT molecular complexity index is 1410. The van der Waals surface area contributed by atoms with Crippen LogP contribution < -0.4 is 13.7 Å². The van der Waals surface area contributed by atoms with Gasteiger partial charge in [-0.1, -0.05) is 54.6 Å². The highest BCUT2D eigenvalue weighted by Crippen LogP contribution is 2.07. The topological polar surface area (TPSA) is 29.7 Å². The summed E-state index contributed by atoms with van der Waals surface area (Å²) >= 11 is 0. The molecule has 0 aliphatic heterocycles. The van der Waals surface area contributed by atoms with Crippen LogP contribution in [0.5, 0.6) is 0 Å². The second-order valence-electron chi connectivity index (χ2n) is 10.0. The molecule has 200 valence electrons. The maximum absolute atomic E-state index is 2.56. The summed E-state index contributed by atoms with van der Waals surface area (Å²) in [5.41, 5.74) is 3.53. The fourth-order valence-electron chi connectivity index (χ4n) is 4.94. The van der Waals surface area contributed by atoms with Crippen molar-refractivity contribution in [2.75, 3.05) is 19.6 Å². The summed E-state index contributed by atoms with van der Waals surface area (Å²) in [5.74, 6) is 0. The molecule has 6 rings (SSSR count). The van der Waals surface area contributed by atoms with Gasteiger partial charge in [-0.2, -0.15) is 0 Å². The smallest absolute Gasteiger partial charge is 0.249 e. The first-order valence-corrected chi connectivity index (χ1v) is 13.9. The minimum Gasteiger partial charge on any atom is -0.292 e. The molecule has 0 fully saturated rings. The Hall–Kier alpha value is -4.75. The van der Waals surface area contributed by atoms with Crippen molar-refractivity contribution < 1.29 is 13.7 Å². The molecular formula is C33H36N7+3. The fourth-order valence-corrected chi connectivity index (χ4v) is 4.94. The second-order valence-corrected chi connectivity index (χ2v) is 10.0. The first-order valence-electron chi connectivity index (χ1n) is 13.9. The Kier molecular flexibility index (Phi) is 7.92. The minimum atomic E-state index is 0.936. The molecule has 0 radical (unpaired) electrons. The first-order chi connectivity index (χ1) is 19.8. The Morgan fingerprint density at radius 1 is 0.425 bits per heavy atom. The molecule has 0 atom stereocenters. The second kappa shape index (κ2) is 12.4. The number of rotatable bonds is 12. The summed E-state index contributed by atoms with van der Waals surface area (Å²) in [6.07, 6.45) is 19.4. The Morgan fingerprint density at radius 3 is 1.02 bits per heavy atom. The average molecular weight is 531 g/mol. The van der Waals surface area contributed by atoms with Gasteiger partial charge in [0.05, 0.1) is 0 Å². The molecule has 0 saturated carbocycles. The van der Waals surface area contributed by atoms with Crippen LogP contribution in [0.15, 0.2) is 147 Å². The number of benzene rings is 3. The summed E-state index contributed by atoms with van der Waals surface area (Å²) in [4.78, 5) is 2.56. The first kappa shape index (κ1) is 25.5. The van der Waals surface area contributed by atoms with Crippen LogP contribution in [0.3, 0.4) is 0 Å². The van der Waals surface area contributed by atoms with Crippen molar-refractivity contribution in [1.29, 1.82) is 0 Å². The van der Waals surface area contributed by atoms with Crippen LogP contribution in [0, 0.1) is 0 Å². The number of imidazole rings is 3. The van der Waals surface area contributed by atoms with E-state index in [0.717, 1.165) is 39.3 Å². The number of hydrogen-bond donors (Lipinski definition) is 0. The van der Waals surface area contributed by atoms with Gasteiger partial charge in [-0.05, 0) is 36.4 Å². The van der Waals surface area contributed by atoms with Crippen molar-refractivity contribution in [1.82, 2.24) is 18.6 Å². The molecule has 0 unspecified atom stereocenters. The lowest BCUT2D eigenvalue weighted by atomic mass is 10.3. The summed E-state index contributed by atoms with van der Waals surface area (Å²) in [6, 6.07) is 31.4. The van der Waals surface area contributed by atoms with E-state index in [1.807, 2.05) is 0 Å². The van der Waals surface area contributed by atoms with E-state index in [1.54, 1.807) is 0 Å². The molecule has 0 spiro atoms. The quantitative estimate of drug-likeness (QED) is 0.222. The van der Waals surface area contributed by atoms with Gasteiger partial charge in [0.2, 0.25) is 19.0 Å². The predicted molar refractivity (Wildman–Crippen MR) is 154 cm³/mol. The third-order valence-corrected chi connectivity index (χ3v) is 7.26. The molecule has 40 heavy (non-hydrogen) atoms. The lowest BCUT2D eigenvalue weighted by Crippen LogP contribution is -2.47. The number of aromatic nitrogens is 6. The molecule has 6 aromatic rings. The lowest BCUT2D eigenvalue weighted by molar-refractivity contribution is -0.705. The average Bonchev–Trinajstić information content (AvgIpc) is 3.80. The van der Waals surface area contributed by atoms with Crippen molar-refractivity contribution >= 4 is 0 Å². The van der Waals surface area contributed by atoms with E-state index in [-0.39, 0.29) is 0 Å². The molecule has 0 amide bonds. The van der Waals surface area contributed by atoms with E-state index in [1.165, 1.54) is 17.1 Å². The molecule has 3 heterocycles. The van der Waals surface area contributed by atoms with Crippen molar-refractivity contribution in [2.24, 2.45) is 0 Å². The normalized spacial score (nSPS) is 11.3. The maximum atomic E-state index is 2.56. The third-order valence-electron chi connectivity index (χ3n) is 7.26. The van der Waals surface area contributed by atoms with Gasteiger partial charge in [0, 0.05) is 19.6 Å². The van der Waals surface area contributed by atoms with Crippen molar-refractivity contribution in [2.45, 2.75) is 19.6 Å². The highest BCUT2D eigenvalue weighted by molar-refractivity contribution is 5.31. The Balaban J connectivity index is 1.11. The highest BCUT2D eigenvalue weighted by Gasteiger charge is 2.14. The molecule has 0 aliphatic carbocycles. The van der Waals surface area contributed by atoms with Crippen molar-refractivity contribution in [3.63, 3.8) is 0 Å². The largest absolute Gasteiger partial charge is 0.292 e. The Labute approximate surface area is 235 Å².